The average Bonchev–Trinajstić information content (AvgIpc) is 2.73. The molecule has 1 aliphatic rings. The van der Waals surface area contributed by atoms with Crippen molar-refractivity contribution in [1.82, 2.24) is 4.31 Å². The van der Waals surface area contributed by atoms with Gasteiger partial charge in [-0.3, -0.25) is 4.79 Å². The zero-order chi connectivity index (χ0) is 20.9. The SMILES string of the molecule is COc1ccc(NC(=O)CN(C2CCCCC2)S(=O)(=O)c2ccc(Br)cc2)cc1. The number of carbonyl (C=O) groups excluding carboxylic acids is 1. The molecule has 0 unspecified atom stereocenters. The van der Waals surface area contributed by atoms with E-state index in [-0.39, 0.29) is 23.4 Å². The predicted molar refractivity (Wildman–Crippen MR) is 117 cm³/mol. The number of hydrogen-bond acceptors (Lipinski definition) is 4. The third-order valence-corrected chi connectivity index (χ3v) is 7.52. The topological polar surface area (TPSA) is 75.7 Å². The lowest BCUT2D eigenvalue weighted by Gasteiger charge is -2.33. The van der Waals surface area contributed by atoms with E-state index in [1.165, 1.54) is 4.31 Å². The highest BCUT2D eigenvalue weighted by Gasteiger charge is 2.34. The van der Waals surface area contributed by atoms with E-state index >= 15 is 0 Å². The summed E-state index contributed by atoms with van der Waals surface area (Å²) in [5, 5.41) is 2.79. The first kappa shape index (κ1) is 21.8. The molecule has 0 aromatic heterocycles. The predicted octanol–water partition coefficient (Wildman–Crippen LogP) is 4.42. The second kappa shape index (κ2) is 9.73. The standard InChI is InChI=1S/C21H25BrN2O4S/c1-28-19-11-9-17(10-12-19)23-21(25)15-24(18-5-3-2-4-6-18)29(26,27)20-13-7-16(22)8-14-20/h7-14,18H,2-6,15H2,1H3,(H,23,25). The fourth-order valence-corrected chi connectivity index (χ4v) is 5.44. The fourth-order valence-electron chi connectivity index (χ4n) is 3.54. The zero-order valence-electron chi connectivity index (χ0n) is 16.3. The minimum atomic E-state index is -3.78. The van der Waals surface area contributed by atoms with Gasteiger partial charge >= 0.3 is 0 Å². The Labute approximate surface area is 180 Å². The Balaban J connectivity index is 1.81. The van der Waals surface area contributed by atoms with Crippen LogP contribution in [0.15, 0.2) is 57.9 Å². The number of anilines is 1. The highest BCUT2D eigenvalue weighted by Crippen LogP contribution is 2.28. The van der Waals surface area contributed by atoms with Crippen molar-refractivity contribution >= 4 is 37.5 Å². The molecule has 6 nitrogen and oxygen atoms in total. The molecule has 1 aliphatic carbocycles. The number of rotatable bonds is 7. The van der Waals surface area contributed by atoms with Crippen LogP contribution in [-0.4, -0.2) is 38.3 Å². The molecule has 1 amide bonds. The largest absolute Gasteiger partial charge is 0.497 e. The first-order valence-corrected chi connectivity index (χ1v) is 11.8. The number of methoxy groups -OCH3 is 1. The summed E-state index contributed by atoms with van der Waals surface area (Å²) in [5.74, 6) is 0.325. The lowest BCUT2D eigenvalue weighted by Crippen LogP contribution is -2.45. The summed E-state index contributed by atoms with van der Waals surface area (Å²) >= 11 is 3.33. The van der Waals surface area contributed by atoms with Gasteiger partial charge in [0.25, 0.3) is 0 Å². The second-order valence-electron chi connectivity index (χ2n) is 7.07. The molecule has 2 aromatic carbocycles. The number of sulfonamides is 1. The number of ether oxygens (including phenoxy) is 1. The maximum Gasteiger partial charge on any atom is 0.243 e. The number of amides is 1. The number of nitrogens with zero attached hydrogens (tertiary/aromatic N) is 1. The van der Waals surface area contributed by atoms with Gasteiger partial charge in [-0.25, -0.2) is 8.42 Å². The quantitative estimate of drug-likeness (QED) is 0.636. The third-order valence-electron chi connectivity index (χ3n) is 5.08. The van der Waals surface area contributed by atoms with E-state index in [4.69, 9.17) is 4.74 Å². The van der Waals surface area contributed by atoms with Crippen LogP contribution in [0.5, 0.6) is 5.75 Å². The van der Waals surface area contributed by atoms with Crippen molar-refractivity contribution in [2.45, 2.75) is 43.0 Å². The van der Waals surface area contributed by atoms with Crippen LogP contribution in [-0.2, 0) is 14.8 Å². The second-order valence-corrected chi connectivity index (χ2v) is 9.88. The summed E-state index contributed by atoms with van der Waals surface area (Å²) in [7, 11) is -2.21. The summed E-state index contributed by atoms with van der Waals surface area (Å²) in [4.78, 5) is 12.9. The van der Waals surface area contributed by atoms with Gasteiger partial charge in [0, 0.05) is 16.2 Å². The number of carbonyl (C=O) groups is 1. The first-order chi connectivity index (χ1) is 13.9. The number of halogens is 1. The van der Waals surface area contributed by atoms with Crippen molar-refractivity contribution < 1.29 is 17.9 Å². The maximum absolute atomic E-state index is 13.3. The highest BCUT2D eigenvalue weighted by atomic mass is 79.9. The Hall–Kier alpha value is -1.90. The number of benzene rings is 2. The molecular weight excluding hydrogens is 456 g/mol. The Kier molecular flexibility index (Phi) is 7.32. The van der Waals surface area contributed by atoms with Gasteiger partial charge in [0.05, 0.1) is 18.6 Å². The van der Waals surface area contributed by atoms with Crippen molar-refractivity contribution in [3.05, 3.63) is 53.0 Å². The van der Waals surface area contributed by atoms with Crippen LogP contribution in [0.4, 0.5) is 5.69 Å². The minimum absolute atomic E-state index is 0.168. The van der Waals surface area contributed by atoms with Crippen LogP contribution < -0.4 is 10.1 Å². The Morgan fingerprint density at radius 3 is 2.28 bits per heavy atom. The van der Waals surface area contributed by atoms with Gasteiger partial charge in [0.2, 0.25) is 15.9 Å². The van der Waals surface area contributed by atoms with E-state index in [1.807, 2.05) is 0 Å². The highest BCUT2D eigenvalue weighted by molar-refractivity contribution is 9.10. The minimum Gasteiger partial charge on any atom is -0.497 e. The molecule has 1 N–H and O–H groups in total. The smallest absolute Gasteiger partial charge is 0.243 e. The molecule has 0 bridgehead atoms. The molecule has 156 valence electrons. The molecule has 8 heteroatoms. The van der Waals surface area contributed by atoms with E-state index in [9.17, 15) is 13.2 Å². The Bertz CT molecular complexity index is 924. The summed E-state index contributed by atoms with van der Waals surface area (Å²) < 4.78 is 33.9. The molecule has 29 heavy (non-hydrogen) atoms. The number of hydrogen-bond donors (Lipinski definition) is 1. The van der Waals surface area contributed by atoms with Crippen molar-refractivity contribution in [2.75, 3.05) is 19.0 Å². The summed E-state index contributed by atoms with van der Waals surface area (Å²) in [6.45, 7) is -0.213. The first-order valence-electron chi connectivity index (χ1n) is 9.61. The van der Waals surface area contributed by atoms with Crippen molar-refractivity contribution in [2.24, 2.45) is 0 Å². The molecule has 0 atom stereocenters. The summed E-state index contributed by atoms with van der Waals surface area (Å²) in [6.07, 6.45) is 4.58. The third kappa shape index (κ3) is 5.58. The van der Waals surface area contributed by atoms with E-state index in [0.29, 0.717) is 11.4 Å². The molecule has 3 rings (SSSR count). The van der Waals surface area contributed by atoms with Crippen LogP contribution in [0.1, 0.15) is 32.1 Å². The lowest BCUT2D eigenvalue weighted by molar-refractivity contribution is -0.116. The molecule has 2 aromatic rings. The van der Waals surface area contributed by atoms with Gasteiger partial charge in [-0.1, -0.05) is 35.2 Å². The summed E-state index contributed by atoms with van der Waals surface area (Å²) in [5.41, 5.74) is 0.598. The number of nitrogens with one attached hydrogen (secondary N) is 1. The van der Waals surface area contributed by atoms with Crippen LogP contribution >= 0.6 is 15.9 Å². The van der Waals surface area contributed by atoms with Gasteiger partial charge < -0.3 is 10.1 Å². The van der Waals surface area contributed by atoms with Gasteiger partial charge in [-0.2, -0.15) is 4.31 Å². The molecule has 0 aliphatic heterocycles. The lowest BCUT2D eigenvalue weighted by atomic mass is 9.95. The van der Waals surface area contributed by atoms with Gasteiger partial charge in [0.1, 0.15) is 5.75 Å². The average molecular weight is 481 g/mol. The monoisotopic (exact) mass is 480 g/mol. The Morgan fingerprint density at radius 1 is 1.07 bits per heavy atom. The molecular formula is C21H25BrN2O4S. The fraction of sp³-hybridized carbons (Fsp3) is 0.381. The molecule has 0 saturated heterocycles. The molecule has 1 saturated carbocycles. The van der Waals surface area contributed by atoms with E-state index in [1.54, 1.807) is 55.6 Å². The van der Waals surface area contributed by atoms with E-state index in [0.717, 1.165) is 36.6 Å². The van der Waals surface area contributed by atoms with Crippen LogP contribution in [0, 0.1) is 0 Å². The van der Waals surface area contributed by atoms with E-state index in [2.05, 4.69) is 21.2 Å². The molecule has 1 fully saturated rings. The zero-order valence-corrected chi connectivity index (χ0v) is 18.7. The summed E-state index contributed by atoms with van der Waals surface area (Å²) in [6, 6.07) is 13.3. The van der Waals surface area contributed by atoms with Gasteiger partial charge in [-0.05, 0) is 61.4 Å². The van der Waals surface area contributed by atoms with Crippen molar-refractivity contribution in [1.29, 1.82) is 0 Å². The van der Waals surface area contributed by atoms with Crippen molar-refractivity contribution in [3.63, 3.8) is 0 Å². The van der Waals surface area contributed by atoms with E-state index < -0.39 is 10.0 Å². The normalized spacial score (nSPS) is 15.3. The van der Waals surface area contributed by atoms with Crippen molar-refractivity contribution in [3.8, 4) is 5.75 Å². The van der Waals surface area contributed by atoms with Crippen LogP contribution in [0.25, 0.3) is 0 Å². The van der Waals surface area contributed by atoms with Crippen LogP contribution in [0.2, 0.25) is 0 Å². The molecule has 0 spiro atoms. The molecule has 0 heterocycles. The van der Waals surface area contributed by atoms with Crippen LogP contribution in [0.3, 0.4) is 0 Å². The molecule has 0 radical (unpaired) electrons. The Morgan fingerprint density at radius 2 is 1.69 bits per heavy atom. The van der Waals surface area contributed by atoms with Gasteiger partial charge in [0.15, 0.2) is 0 Å². The maximum atomic E-state index is 13.3. The van der Waals surface area contributed by atoms with Gasteiger partial charge in [-0.15, -0.1) is 0 Å².